The highest BCUT2D eigenvalue weighted by molar-refractivity contribution is 7.89. The van der Waals surface area contributed by atoms with Crippen LogP contribution in [0.2, 0.25) is 0 Å². The molecule has 0 aromatic carbocycles. The van der Waals surface area contributed by atoms with E-state index in [1.807, 2.05) is 31.7 Å². The first-order valence-electron chi connectivity index (χ1n) is 7.21. The Kier molecular flexibility index (Phi) is 5.37. The van der Waals surface area contributed by atoms with Gasteiger partial charge in [-0.25, -0.2) is 13.4 Å². The van der Waals surface area contributed by atoms with Crippen LogP contribution in [0.3, 0.4) is 0 Å². The van der Waals surface area contributed by atoms with Crippen molar-refractivity contribution >= 4 is 10.0 Å². The van der Waals surface area contributed by atoms with Gasteiger partial charge in [0.1, 0.15) is 5.82 Å². The summed E-state index contributed by atoms with van der Waals surface area (Å²) in [6, 6.07) is -0.261. The van der Waals surface area contributed by atoms with Crippen molar-refractivity contribution < 1.29 is 13.2 Å². The average molecular weight is 316 g/mol. The highest BCUT2D eigenvalue weighted by Crippen LogP contribution is 2.23. The van der Waals surface area contributed by atoms with Crippen LogP contribution in [-0.2, 0) is 21.8 Å². The molecule has 1 aliphatic rings. The van der Waals surface area contributed by atoms with Gasteiger partial charge in [-0.3, -0.25) is 0 Å². The lowest BCUT2D eigenvalue weighted by Gasteiger charge is -2.34. The number of aromatic nitrogens is 2. The summed E-state index contributed by atoms with van der Waals surface area (Å²) in [4.78, 5) is 4.30. The van der Waals surface area contributed by atoms with E-state index in [-0.39, 0.29) is 24.5 Å². The van der Waals surface area contributed by atoms with E-state index in [1.54, 1.807) is 10.5 Å². The van der Waals surface area contributed by atoms with Crippen LogP contribution in [0, 0.1) is 0 Å². The lowest BCUT2D eigenvalue weighted by Crippen LogP contribution is -2.50. The van der Waals surface area contributed by atoms with E-state index in [4.69, 9.17) is 4.74 Å². The van der Waals surface area contributed by atoms with Gasteiger partial charge in [-0.2, -0.15) is 4.31 Å². The molecule has 2 heterocycles. The number of rotatable bonds is 6. The summed E-state index contributed by atoms with van der Waals surface area (Å²) in [5.74, 6) is 0.766. The Bertz CT molecular complexity index is 556. The molecule has 1 atom stereocenters. The highest BCUT2D eigenvalue weighted by atomic mass is 32.2. The van der Waals surface area contributed by atoms with Gasteiger partial charge in [0.15, 0.2) is 0 Å². The molecule has 0 bridgehead atoms. The van der Waals surface area contributed by atoms with Crippen LogP contribution >= 0.6 is 0 Å². The van der Waals surface area contributed by atoms with Gasteiger partial charge >= 0.3 is 0 Å². The Morgan fingerprint density at radius 1 is 1.52 bits per heavy atom. The molecule has 1 unspecified atom stereocenters. The number of nitrogens with zero attached hydrogens (tertiary/aromatic N) is 3. The van der Waals surface area contributed by atoms with Crippen molar-refractivity contribution in [2.24, 2.45) is 7.05 Å². The quantitative estimate of drug-likeness (QED) is 0.807. The third kappa shape index (κ3) is 4.03. The van der Waals surface area contributed by atoms with E-state index in [2.05, 4.69) is 10.3 Å². The zero-order valence-electron chi connectivity index (χ0n) is 12.8. The van der Waals surface area contributed by atoms with Crippen LogP contribution in [0.5, 0.6) is 0 Å². The topological polar surface area (TPSA) is 76.5 Å². The number of piperazine rings is 1. The van der Waals surface area contributed by atoms with Crippen LogP contribution in [-0.4, -0.2) is 60.4 Å². The number of imidazole rings is 1. The first-order valence-corrected chi connectivity index (χ1v) is 8.82. The van der Waals surface area contributed by atoms with E-state index < -0.39 is 10.0 Å². The fourth-order valence-corrected chi connectivity index (χ4v) is 3.91. The normalized spacial score (nSPS) is 21.0. The Balaban J connectivity index is 2.13. The third-order valence-corrected chi connectivity index (χ3v) is 5.33. The van der Waals surface area contributed by atoms with Gasteiger partial charge in [0.25, 0.3) is 0 Å². The van der Waals surface area contributed by atoms with Crippen LogP contribution in [0.1, 0.15) is 25.7 Å². The first-order chi connectivity index (χ1) is 9.92. The fraction of sp³-hybridized carbons (Fsp3) is 0.769. The van der Waals surface area contributed by atoms with Gasteiger partial charge in [-0.05, 0) is 13.8 Å². The Hall–Kier alpha value is -0.960. The van der Waals surface area contributed by atoms with E-state index in [9.17, 15) is 8.42 Å². The molecule has 1 aliphatic heterocycles. The molecule has 120 valence electrons. The van der Waals surface area contributed by atoms with Crippen molar-refractivity contribution in [1.29, 1.82) is 0 Å². The molecule has 0 spiro atoms. The molecule has 21 heavy (non-hydrogen) atoms. The summed E-state index contributed by atoms with van der Waals surface area (Å²) in [5.41, 5.74) is 0. The molecular formula is C13H24N4O3S. The summed E-state index contributed by atoms with van der Waals surface area (Å²) in [6.07, 6.45) is 3.56. The third-order valence-electron chi connectivity index (χ3n) is 3.50. The molecule has 1 aromatic heterocycles. The van der Waals surface area contributed by atoms with Gasteiger partial charge in [0, 0.05) is 39.1 Å². The monoisotopic (exact) mass is 316 g/mol. The standard InChI is InChI=1S/C13H24N4O3S/c1-11(2)20-8-9-21(18,19)17-7-4-14-10-12(17)13-15-5-6-16(13)3/h5-6,11-12,14H,4,7-10H2,1-3H3. The lowest BCUT2D eigenvalue weighted by molar-refractivity contribution is 0.0902. The number of sulfonamides is 1. The van der Waals surface area contributed by atoms with Crippen molar-refractivity contribution in [3.8, 4) is 0 Å². The second kappa shape index (κ2) is 6.87. The average Bonchev–Trinajstić information content (AvgIpc) is 2.84. The summed E-state index contributed by atoms with van der Waals surface area (Å²) < 4.78 is 33.9. The molecule has 1 fully saturated rings. The number of ether oxygens (including phenoxy) is 1. The fourth-order valence-electron chi connectivity index (χ4n) is 2.44. The minimum atomic E-state index is -3.36. The maximum absolute atomic E-state index is 12.6. The summed E-state index contributed by atoms with van der Waals surface area (Å²) in [5, 5.41) is 3.24. The van der Waals surface area contributed by atoms with Crippen molar-refractivity contribution in [1.82, 2.24) is 19.2 Å². The summed E-state index contributed by atoms with van der Waals surface area (Å²) in [6.45, 7) is 5.71. The molecule has 1 saturated heterocycles. The minimum absolute atomic E-state index is 0.00605. The molecule has 0 aliphatic carbocycles. The predicted octanol–water partition coefficient (Wildman–Crippen LogP) is 0.121. The zero-order chi connectivity index (χ0) is 15.5. The molecule has 1 N–H and O–H groups in total. The highest BCUT2D eigenvalue weighted by Gasteiger charge is 2.35. The summed E-state index contributed by atoms with van der Waals surface area (Å²) >= 11 is 0. The molecule has 0 amide bonds. The molecule has 0 saturated carbocycles. The molecule has 1 aromatic rings. The van der Waals surface area contributed by atoms with E-state index in [0.29, 0.717) is 19.6 Å². The van der Waals surface area contributed by atoms with Gasteiger partial charge in [-0.1, -0.05) is 0 Å². The van der Waals surface area contributed by atoms with Crippen LogP contribution < -0.4 is 5.32 Å². The van der Waals surface area contributed by atoms with Crippen molar-refractivity contribution in [2.75, 3.05) is 32.0 Å². The number of nitrogens with one attached hydrogen (secondary N) is 1. The molecular weight excluding hydrogens is 292 g/mol. The maximum Gasteiger partial charge on any atom is 0.217 e. The van der Waals surface area contributed by atoms with E-state index >= 15 is 0 Å². The lowest BCUT2D eigenvalue weighted by atomic mass is 10.2. The minimum Gasteiger partial charge on any atom is -0.378 e. The maximum atomic E-state index is 12.6. The van der Waals surface area contributed by atoms with E-state index in [0.717, 1.165) is 5.82 Å². The first kappa shape index (κ1) is 16.4. The second-order valence-corrected chi connectivity index (χ2v) is 7.50. The smallest absolute Gasteiger partial charge is 0.217 e. The van der Waals surface area contributed by atoms with Crippen molar-refractivity contribution in [3.05, 3.63) is 18.2 Å². The van der Waals surface area contributed by atoms with Crippen LogP contribution in [0.15, 0.2) is 12.4 Å². The largest absolute Gasteiger partial charge is 0.378 e. The Morgan fingerprint density at radius 2 is 2.29 bits per heavy atom. The Labute approximate surface area is 126 Å². The van der Waals surface area contributed by atoms with Crippen LogP contribution in [0.4, 0.5) is 0 Å². The van der Waals surface area contributed by atoms with Gasteiger partial charge in [-0.15, -0.1) is 0 Å². The number of aryl methyl sites for hydroxylation is 1. The zero-order valence-corrected chi connectivity index (χ0v) is 13.6. The molecule has 8 heteroatoms. The number of hydrogen-bond donors (Lipinski definition) is 1. The molecule has 7 nitrogen and oxygen atoms in total. The van der Waals surface area contributed by atoms with Crippen molar-refractivity contribution in [3.63, 3.8) is 0 Å². The van der Waals surface area contributed by atoms with Crippen LogP contribution in [0.25, 0.3) is 0 Å². The Morgan fingerprint density at radius 3 is 2.90 bits per heavy atom. The van der Waals surface area contributed by atoms with Gasteiger partial charge in [0.2, 0.25) is 10.0 Å². The molecule has 2 rings (SSSR count). The van der Waals surface area contributed by atoms with Crippen molar-refractivity contribution in [2.45, 2.75) is 26.0 Å². The predicted molar refractivity (Wildman–Crippen MR) is 80.4 cm³/mol. The second-order valence-electron chi connectivity index (χ2n) is 5.46. The van der Waals surface area contributed by atoms with E-state index in [1.165, 1.54) is 0 Å². The number of hydrogen-bond acceptors (Lipinski definition) is 5. The molecule has 0 radical (unpaired) electrons. The van der Waals surface area contributed by atoms with Gasteiger partial charge in [0.05, 0.1) is 24.5 Å². The van der Waals surface area contributed by atoms with Gasteiger partial charge < -0.3 is 14.6 Å². The SMILES string of the molecule is CC(C)OCCS(=O)(=O)N1CCNCC1c1nccn1C. The summed E-state index contributed by atoms with van der Waals surface area (Å²) in [7, 11) is -1.48.